The smallest absolute Gasteiger partial charge is 0.247 e. The molecule has 36 heavy (non-hydrogen) atoms. The Hall–Kier alpha value is -1.80. The van der Waals surface area contributed by atoms with Crippen molar-refractivity contribution in [2.75, 3.05) is 26.2 Å². The first-order chi connectivity index (χ1) is 16.8. The van der Waals surface area contributed by atoms with Gasteiger partial charge in [-0.2, -0.15) is 0 Å². The Morgan fingerprint density at radius 1 is 1.06 bits per heavy atom. The number of fused-ring (bicyclic) bond motifs is 2. The molecule has 0 radical (unpaired) electrons. The van der Waals surface area contributed by atoms with Gasteiger partial charge in [0.15, 0.2) is 0 Å². The number of aliphatic hydroxyl groups is 1. The van der Waals surface area contributed by atoms with Crippen molar-refractivity contribution in [1.29, 1.82) is 0 Å². The molecule has 200 valence electrons. The molecule has 4 rings (SSSR count). The molecule has 1 unspecified atom stereocenters. The van der Waals surface area contributed by atoms with Gasteiger partial charge in [0.1, 0.15) is 6.04 Å². The topological polar surface area (TPSA) is 81.2 Å². The summed E-state index contributed by atoms with van der Waals surface area (Å²) in [5.41, 5.74) is -0.433. The van der Waals surface area contributed by atoms with Gasteiger partial charge < -0.3 is 19.8 Å². The van der Waals surface area contributed by atoms with Crippen molar-refractivity contribution in [1.82, 2.24) is 14.7 Å². The average molecular weight is 518 g/mol. The molecule has 1 N–H and O–H groups in total. The molecule has 0 aromatic heterocycles. The highest BCUT2D eigenvalue weighted by molar-refractivity contribution is 8.02. The summed E-state index contributed by atoms with van der Waals surface area (Å²) in [7, 11) is 0. The third-order valence-electron chi connectivity index (χ3n) is 8.23. The maximum Gasteiger partial charge on any atom is 0.247 e. The fraction of sp³-hybridized carbons (Fsp3) is 0.750. The van der Waals surface area contributed by atoms with E-state index < -0.39 is 39.0 Å². The third kappa shape index (κ3) is 4.12. The SMILES string of the molecule is CCCN1CC=C[C@@]2(C)S[C@]34C=CCN(C(C)(C)C)C(=O)C3N([C@@H](CO)CC(C)C)C(=O)[C@@H]4[C@H]2C1=O. The largest absolute Gasteiger partial charge is 0.394 e. The Balaban J connectivity index is 1.91. The zero-order chi connectivity index (χ0) is 26.6. The third-order valence-corrected chi connectivity index (χ3v) is 10.0. The van der Waals surface area contributed by atoms with Crippen LogP contribution in [0.2, 0.25) is 0 Å². The van der Waals surface area contributed by atoms with E-state index in [4.69, 9.17) is 0 Å². The van der Waals surface area contributed by atoms with Gasteiger partial charge in [-0.05, 0) is 46.5 Å². The number of carbonyl (C=O) groups excluding carboxylic acids is 3. The van der Waals surface area contributed by atoms with Crippen molar-refractivity contribution in [2.24, 2.45) is 17.8 Å². The van der Waals surface area contributed by atoms with Gasteiger partial charge in [0.2, 0.25) is 17.7 Å². The first kappa shape index (κ1) is 27.2. The second-order valence-electron chi connectivity index (χ2n) is 12.4. The second kappa shape index (κ2) is 9.50. The molecule has 7 nitrogen and oxygen atoms in total. The van der Waals surface area contributed by atoms with Crippen molar-refractivity contribution in [3.05, 3.63) is 24.3 Å². The van der Waals surface area contributed by atoms with Crippen LogP contribution >= 0.6 is 11.8 Å². The van der Waals surface area contributed by atoms with Crippen LogP contribution < -0.4 is 0 Å². The van der Waals surface area contributed by atoms with Crippen molar-refractivity contribution < 1.29 is 19.5 Å². The molecule has 2 saturated heterocycles. The van der Waals surface area contributed by atoms with Crippen LogP contribution in [0.15, 0.2) is 24.3 Å². The first-order valence-electron chi connectivity index (χ1n) is 13.4. The van der Waals surface area contributed by atoms with E-state index in [1.165, 1.54) is 0 Å². The van der Waals surface area contributed by atoms with Gasteiger partial charge in [-0.15, -0.1) is 11.8 Å². The summed E-state index contributed by atoms with van der Waals surface area (Å²) >= 11 is 1.61. The summed E-state index contributed by atoms with van der Waals surface area (Å²) in [5, 5.41) is 10.4. The lowest BCUT2D eigenvalue weighted by atomic mass is 9.74. The van der Waals surface area contributed by atoms with E-state index in [-0.39, 0.29) is 30.2 Å². The van der Waals surface area contributed by atoms with Crippen LogP contribution in [0.1, 0.15) is 61.3 Å². The molecular formula is C28H43N3O4S. The average Bonchev–Trinajstić information content (AvgIpc) is 3.05. The van der Waals surface area contributed by atoms with Gasteiger partial charge in [-0.1, -0.05) is 45.1 Å². The summed E-state index contributed by atoms with van der Waals surface area (Å²) in [4.78, 5) is 48.3. The fourth-order valence-electron chi connectivity index (χ4n) is 6.80. The van der Waals surface area contributed by atoms with E-state index in [9.17, 15) is 19.5 Å². The zero-order valence-electron chi connectivity index (χ0n) is 22.9. The van der Waals surface area contributed by atoms with Gasteiger partial charge in [0.25, 0.3) is 0 Å². The number of carbonyl (C=O) groups is 3. The van der Waals surface area contributed by atoms with Crippen LogP contribution in [-0.2, 0) is 14.4 Å². The number of aliphatic hydroxyl groups excluding tert-OH is 1. The van der Waals surface area contributed by atoms with Crippen molar-refractivity contribution in [2.45, 2.75) is 88.4 Å². The van der Waals surface area contributed by atoms with Gasteiger partial charge in [0, 0.05) is 29.9 Å². The van der Waals surface area contributed by atoms with Crippen LogP contribution in [0, 0.1) is 17.8 Å². The highest BCUT2D eigenvalue weighted by Crippen LogP contribution is 2.66. The van der Waals surface area contributed by atoms with E-state index in [0.717, 1.165) is 6.42 Å². The van der Waals surface area contributed by atoms with E-state index in [2.05, 4.69) is 45.9 Å². The minimum Gasteiger partial charge on any atom is -0.394 e. The number of rotatable bonds is 6. The van der Waals surface area contributed by atoms with Crippen LogP contribution in [0.3, 0.4) is 0 Å². The van der Waals surface area contributed by atoms with E-state index in [1.54, 1.807) is 16.7 Å². The molecule has 4 aliphatic rings. The molecule has 4 heterocycles. The predicted molar refractivity (Wildman–Crippen MR) is 143 cm³/mol. The summed E-state index contributed by atoms with van der Waals surface area (Å²) in [5.74, 6) is -1.26. The number of hydrogen-bond donors (Lipinski definition) is 1. The Morgan fingerprint density at radius 2 is 1.72 bits per heavy atom. The Bertz CT molecular complexity index is 972. The molecule has 8 heteroatoms. The summed E-state index contributed by atoms with van der Waals surface area (Å²) in [6, 6.07) is -1.24. The van der Waals surface area contributed by atoms with Crippen molar-refractivity contribution in [3.63, 3.8) is 0 Å². The lowest BCUT2D eigenvalue weighted by Crippen LogP contribution is -2.59. The quantitative estimate of drug-likeness (QED) is 0.548. The Labute approximate surface area is 220 Å². The molecule has 0 aromatic rings. The highest BCUT2D eigenvalue weighted by atomic mass is 32.2. The number of nitrogens with zero attached hydrogens (tertiary/aromatic N) is 3. The predicted octanol–water partition coefficient (Wildman–Crippen LogP) is 3.09. The summed E-state index contributed by atoms with van der Waals surface area (Å²) < 4.78 is -1.47. The summed E-state index contributed by atoms with van der Waals surface area (Å²) in [6.45, 7) is 15.7. The molecule has 4 aliphatic heterocycles. The maximum absolute atomic E-state index is 14.5. The Morgan fingerprint density at radius 3 is 2.31 bits per heavy atom. The number of hydrogen-bond acceptors (Lipinski definition) is 5. The lowest BCUT2D eigenvalue weighted by molar-refractivity contribution is -0.149. The molecule has 6 atom stereocenters. The van der Waals surface area contributed by atoms with Gasteiger partial charge >= 0.3 is 0 Å². The highest BCUT2D eigenvalue weighted by Gasteiger charge is 2.74. The normalized spacial score (nSPS) is 35.2. The van der Waals surface area contributed by atoms with Crippen LogP contribution in [0.4, 0.5) is 0 Å². The fourth-order valence-corrected chi connectivity index (χ4v) is 8.94. The van der Waals surface area contributed by atoms with Crippen LogP contribution in [0.25, 0.3) is 0 Å². The Kier molecular flexibility index (Phi) is 7.19. The van der Waals surface area contributed by atoms with E-state index in [1.807, 2.05) is 36.6 Å². The molecular weight excluding hydrogens is 474 g/mol. The van der Waals surface area contributed by atoms with Crippen molar-refractivity contribution >= 4 is 29.5 Å². The monoisotopic (exact) mass is 517 g/mol. The maximum atomic E-state index is 14.5. The van der Waals surface area contributed by atoms with Gasteiger partial charge in [-0.25, -0.2) is 0 Å². The molecule has 0 bridgehead atoms. The van der Waals surface area contributed by atoms with E-state index >= 15 is 0 Å². The molecule has 1 spiro atoms. The van der Waals surface area contributed by atoms with Gasteiger partial charge in [0.05, 0.1) is 29.2 Å². The van der Waals surface area contributed by atoms with Crippen LogP contribution in [-0.4, -0.2) is 90.9 Å². The number of amides is 3. The molecule has 3 amide bonds. The molecule has 2 fully saturated rings. The lowest BCUT2D eigenvalue weighted by Gasteiger charge is -2.43. The zero-order valence-corrected chi connectivity index (χ0v) is 23.7. The number of thioether (sulfide) groups is 1. The van der Waals surface area contributed by atoms with E-state index in [0.29, 0.717) is 26.1 Å². The summed E-state index contributed by atoms with van der Waals surface area (Å²) in [6.07, 6.45) is 9.66. The minimum atomic E-state index is -0.868. The first-order valence-corrected chi connectivity index (χ1v) is 14.2. The van der Waals surface area contributed by atoms with Crippen molar-refractivity contribution in [3.8, 4) is 0 Å². The molecule has 0 aliphatic carbocycles. The van der Waals surface area contributed by atoms with Crippen LogP contribution in [0.5, 0.6) is 0 Å². The standard InChI is InChI=1S/C28H43N3O4S/c1-8-13-29-14-9-11-27(7)20(23(29)33)21-24(34)31(19(17-32)16-18(2)3)22-25(35)30(26(4,5)6)15-10-12-28(21,22)36-27/h9-12,18-22,32H,8,13-17H2,1-7H3/t19-,20+,21+,22?,27-,28+/m1/s1. The molecule has 0 aromatic carbocycles. The van der Waals surface area contributed by atoms with Gasteiger partial charge in [-0.3, -0.25) is 14.4 Å². The minimum absolute atomic E-state index is 0.00476. The number of likely N-dealkylation sites (tertiary alicyclic amines) is 1. The molecule has 0 saturated carbocycles. The second-order valence-corrected chi connectivity index (χ2v) is 14.2.